The number of piperidine rings is 1. The maximum absolute atomic E-state index is 14.5. The summed E-state index contributed by atoms with van der Waals surface area (Å²) in [6, 6.07) is 3.34. The number of rotatable bonds is 6. The molecule has 0 bridgehead atoms. The predicted octanol–water partition coefficient (Wildman–Crippen LogP) is 5.80. The number of amides is 1. The molecule has 43 heavy (non-hydrogen) atoms. The number of hydrogen-bond donors (Lipinski definition) is 0. The van der Waals surface area contributed by atoms with Crippen LogP contribution in [0.4, 0.5) is 33.5 Å². The number of nitrogens with zero attached hydrogens (tertiary/aromatic N) is 7. The normalized spacial score (nSPS) is 18.3. The first-order valence-electron chi connectivity index (χ1n) is 14.9. The monoisotopic (exact) mass is 605 g/mol. The number of alkyl halides is 5. The van der Waals surface area contributed by atoms with Crippen LogP contribution in [0.3, 0.4) is 0 Å². The van der Waals surface area contributed by atoms with E-state index in [2.05, 4.69) is 5.10 Å². The first-order valence-corrected chi connectivity index (χ1v) is 14.9. The zero-order valence-electron chi connectivity index (χ0n) is 24.4. The number of aryl methyl sites for hydroxylation is 2. The molecule has 0 atom stereocenters. The summed E-state index contributed by atoms with van der Waals surface area (Å²) >= 11 is 0. The summed E-state index contributed by atoms with van der Waals surface area (Å²) in [7, 11) is 1.75. The van der Waals surface area contributed by atoms with E-state index in [1.165, 1.54) is 4.90 Å². The molecule has 5 heterocycles. The van der Waals surface area contributed by atoms with Crippen LogP contribution in [0.1, 0.15) is 67.5 Å². The second kappa shape index (κ2) is 11.5. The van der Waals surface area contributed by atoms with Crippen molar-refractivity contribution >= 4 is 17.4 Å². The highest BCUT2D eigenvalue weighted by atomic mass is 19.4. The van der Waals surface area contributed by atoms with Crippen LogP contribution in [0.2, 0.25) is 0 Å². The summed E-state index contributed by atoms with van der Waals surface area (Å²) in [5.74, 6) is 0.682. The largest absolute Gasteiger partial charge is 0.401 e. The maximum Gasteiger partial charge on any atom is 0.401 e. The molecule has 13 heteroatoms. The van der Waals surface area contributed by atoms with Crippen LogP contribution < -0.4 is 4.90 Å². The minimum absolute atomic E-state index is 0.0324. The highest BCUT2D eigenvalue weighted by Crippen LogP contribution is 2.43. The zero-order valence-corrected chi connectivity index (χ0v) is 24.4. The molecule has 3 aliphatic heterocycles. The lowest BCUT2D eigenvalue weighted by Gasteiger charge is -2.34. The highest BCUT2D eigenvalue weighted by molar-refractivity contribution is 5.78. The Hall–Kier alpha value is -3.48. The van der Waals surface area contributed by atoms with E-state index in [0.29, 0.717) is 81.0 Å². The first-order chi connectivity index (χ1) is 20.5. The van der Waals surface area contributed by atoms with E-state index in [1.807, 2.05) is 27.5 Å². The van der Waals surface area contributed by atoms with Crippen LogP contribution in [0, 0.1) is 0 Å². The van der Waals surface area contributed by atoms with Crippen molar-refractivity contribution in [1.29, 1.82) is 0 Å². The number of carbonyl (C=O) groups excluding carboxylic acids is 1. The molecule has 0 aliphatic carbocycles. The van der Waals surface area contributed by atoms with Gasteiger partial charge in [-0.1, -0.05) is 6.92 Å². The standard InChI is InChI=1S/C30H36F5N7O/c1-3-27(43)40-12-8-25-24(17-40)29(37-42(25)21-6-10-39(11-7-21)18-30(33,34)35)41-9-4-5-19-13-22(20-15-36-38(2)16-20)23(28(31)32)14-26(19)41/h13-16,21,28H,3-12,17-18H2,1-2H3. The van der Waals surface area contributed by atoms with E-state index in [4.69, 9.17) is 5.10 Å². The van der Waals surface area contributed by atoms with Crippen molar-refractivity contribution in [3.63, 3.8) is 0 Å². The summed E-state index contributed by atoms with van der Waals surface area (Å²) in [6.45, 7) is 3.02. The Labute approximate surface area is 247 Å². The molecule has 1 amide bonds. The average molecular weight is 606 g/mol. The Kier molecular flexibility index (Phi) is 7.95. The van der Waals surface area contributed by atoms with Gasteiger partial charge < -0.3 is 9.80 Å². The smallest absolute Gasteiger partial charge is 0.338 e. The molecule has 0 unspecified atom stereocenters. The first kappa shape index (κ1) is 29.6. The highest BCUT2D eigenvalue weighted by Gasteiger charge is 2.37. The number of carbonyl (C=O) groups is 1. The van der Waals surface area contributed by atoms with E-state index in [0.717, 1.165) is 29.7 Å². The van der Waals surface area contributed by atoms with E-state index < -0.39 is 19.1 Å². The van der Waals surface area contributed by atoms with Crippen molar-refractivity contribution in [1.82, 2.24) is 29.4 Å². The van der Waals surface area contributed by atoms with Gasteiger partial charge in [0.05, 0.1) is 25.3 Å². The van der Waals surface area contributed by atoms with Crippen molar-refractivity contribution < 1.29 is 26.7 Å². The van der Waals surface area contributed by atoms with Crippen molar-refractivity contribution in [2.45, 2.75) is 70.6 Å². The number of fused-ring (bicyclic) bond motifs is 2. The molecule has 3 aliphatic rings. The predicted molar refractivity (Wildman–Crippen MR) is 151 cm³/mol. The van der Waals surface area contributed by atoms with Crippen molar-refractivity contribution in [2.24, 2.45) is 7.05 Å². The van der Waals surface area contributed by atoms with Gasteiger partial charge in [-0.3, -0.25) is 19.1 Å². The van der Waals surface area contributed by atoms with Crippen molar-refractivity contribution in [3.8, 4) is 11.1 Å². The van der Waals surface area contributed by atoms with Gasteiger partial charge in [-0.2, -0.15) is 23.4 Å². The number of likely N-dealkylation sites (tertiary alicyclic amines) is 1. The molecule has 0 radical (unpaired) electrons. The third-order valence-electron chi connectivity index (χ3n) is 8.90. The fourth-order valence-corrected chi connectivity index (χ4v) is 6.82. The summed E-state index contributed by atoms with van der Waals surface area (Å²) < 4.78 is 71.5. The van der Waals surface area contributed by atoms with Gasteiger partial charge in [-0.15, -0.1) is 0 Å². The summed E-state index contributed by atoms with van der Waals surface area (Å²) in [5, 5.41) is 9.25. The van der Waals surface area contributed by atoms with Gasteiger partial charge in [-0.05, 0) is 48.9 Å². The fraction of sp³-hybridized carbons (Fsp3) is 0.567. The minimum atomic E-state index is -4.24. The second-order valence-electron chi connectivity index (χ2n) is 11.8. The fourth-order valence-electron chi connectivity index (χ4n) is 6.82. The second-order valence-corrected chi connectivity index (χ2v) is 11.8. The minimum Gasteiger partial charge on any atom is -0.338 e. The van der Waals surface area contributed by atoms with Gasteiger partial charge in [-0.25, -0.2) is 8.78 Å². The topological polar surface area (TPSA) is 62.4 Å². The molecular formula is C30H36F5N7O. The zero-order chi connectivity index (χ0) is 30.5. The molecule has 6 rings (SSSR count). The van der Waals surface area contributed by atoms with Gasteiger partial charge in [0, 0.05) is 80.3 Å². The van der Waals surface area contributed by atoms with E-state index >= 15 is 0 Å². The lowest BCUT2D eigenvalue weighted by Crippen LogP contribution is -2.41. The van der Waals surface area contributed by atoms with Crippen molar-refractivity contribution in [3.05, 3.63) is 46.9 Å². The van der Waals surface area contributed by atoms with Gasteiger partial charge in [0.15, 0.2) is 5.82 Å². The Bertz CT molecular complexity index is 1490. The molecule has 2 aromatic heterocycles. The van der Waals surface area contributed by atoms with Crippen LogP contribution in [0.5, 0.6) is 0 Å². The molecular weight excluding hydrogens is 569 g/mol. The average Bonchev–Trinajstić information content (AvgIpc) is 3.58. The lowest BCUT2D eigenvalue weighted by atomic mass is 9.92. The van der Waals surface area contributed by atoms with Crippen LogP contribution in [0.15, 0.2) is 24.5 Å². The Morgan fingerprint density at radius 3 is 2.51 bits per heavy atom. The van der Waals surface area contributed by atoms with E-state index in [-0.39, 0.29) is 17.5 Å². The third kappa shape index (κ3) is 5.87. The molecule has 1 fully saturated rings. The van der Waals surface area contributed by atoms with Gasteiger partial charge in [0.1, 0.15) is 0 Å². The number of anilines is 2. The summed E-state index contributed by atoms with van der Waals surface area (Å²) in [6.07, 6.45) is -0.0872. The molecule has 1 saturated heterocycles. The van der Waals surface area contributed by atoms with Gasteiger partial charge in [0.2, 0.25) is 5.91 Å². The number of benzene rings is 1. The third-order valence-corrected chi connectivity index (χ3v) is 8.90. The van der Waals surface area contributed by atoms with Crippen LogP contribution >= 0.6 is 0 Å². The van der Waals surface area contributed by atoms with Crippen LogP contribution in [-0.2, 0) is 31.2 Å². The molecule has 3 aromatic rings. The molecule has 0 N–H and O–H groups in total. The van der Waals surface area contributed by atoms with Gasteiger partial charge >= 0.3 is 6.18 Å². The van der Waals surface area contributed by atoms with Crippen molar-refractivity contribution in [2.75, 3.05) is 37.6 Å². The van der Waals surface area contributed by atoms with E-state index in [1.54, 1.807) is 30.2 Å². The summed E-state index contributed by atoms with van der Waals surface area (Å²) in [4.78, 5) is 18.0. The Balaban J connectivity index is 1.39. The Morgan fingerprint density at radius 2 is 1.86 bits per heavy atom. The van der Waals surface area contributed by atoms with Crippen LogP contribution in [-0.4, -0.2) is 74.2 Å². The maximum atomic E-state index is 14.5. The van der Waals surface area contributed by atoms with Gasteiger partial charge in [0.25, 0.3) is 6.43 Å². The molecule has 0 saturated carbocycles. The SMILES string of the molecule is CCC(=O)N1CCc2c(c(N3CCCc4cc(-c5cnn(C)c5)c(C(F)F)cc43)nn2C2CCN(CC(F)(F)F)CC2)C1. The number of hydrogen-bond acceptors (Lipinski definition) is 5. The molecule has 0 spiro atoms. The quantitative estimate of drug-likeness (QED) is 0.333. The summed E-state index contributed by atoms with van der Waals surface area (Å²) in [5.41, 5.74) is 4.51. The molecule has 232 valence electrons. The van der Waals surface area contributed by atoms with Crippen LogP contribution in [0.25, 0.3) is 11.1 Å². The Morgan fingerprint density at radius 1 is 1.09 bits per heavy atom. The molecule has 8 nitrogen and oxygen atoms in total. The molecule has 1 aromatic carbocycles. The van der Waals surface area contributed by atoms with E-state index in [9.17, 15) is 26.7 Å². The lowest BCUT2D eigenvalue weighted by molar-refractivity contribution is -0.148. The number of aromatic nitrogens is 4. The number of halogens is 5.